The third-order valence-corrected chi connectivity index (χ3v) is 3.14. The second-order valence-corrected chi connectivity index (χ2v) is 4.66. The van der Waals surface area contributed by atoms with Crippen molar-refractivity contribution in [3.05, 3.63) is 18.1 Å². The highest BCUT2D eigenvalue weighted by atomic mass is 16.2. The number of hydrogen-bond acceptors (Lipinski definition) is 5. The number of hydrazine groups is 1. The number of rotatable bonds is 3. The van der Waals surface area contributed by atoms with Gasteiger partial charge in [0.2, 0.25) is 0 Å². The molecule has 1 aromatic rings. The minimum Gasteiger partial charge on any atom is -0.345 e. The molecule has 1 aliphatic carbocycles. The van der Waals surface area contributed by atoms with Crippen LogP contribution in [-0.2, 0) is 0 Å². The zero-order chi connectivity index (χ0) is 12.3. The van der Waals surface area contributed by atoms with E-state index in [-0.39, 0.29) is 17.1 Å². The minimum atomic E-state index is -0.195. The zero-order valence-electron chi connectivity index (χ0n) is 9.86. The quantitative estimate of drug-likeness (QED) is 0.533. The van der Waals surface area contributed by atoms with Crippen molar-refractivity contribution in [1.29, 1.82) is 0 Å². The maximum absolute atomic E-state index is 12.0. The van der Waals surface area contributed by atoms with Crippen molar-refractivity contribution in [2.75, 3.05) is 5.43 Å². The van der Waals surface area contributed by atoms with E-state index >= 15 is 0 Å². The third kappa shape index (κ3) is 2.71. The summed E-state index contributed by atoms with van der Waals surface area (Å²) in [6.07, 6.45) is 7.25. The molecule has 0 spiro atoms. The minimum absolute atomic E-state index is 0.106. The summed E-state index contributed by atoms with van der Waals surface area (Å²) >= 11 is 0. The molecule has 0 bridgehead atoms. The number of aromatic nitrogens is 2. The molecule has 1 heterocycles. The van der Waals surface area contributed by atoms with E-state index < -0.39 is 0 Å². The van der Waals surface area contributed by atoms with Gasteiger partial charge in [-0.3, -0.25) is 9.78 Å². The molecule has 1 fully saturated rings. The normalized spacial score (nSPS) is 17.8. The van der Waals surface area contributed by atoms with Crippen molar-refractivity contribution in [2.45, 2.75) is 38.1 Å². The summed E-state index contributed by atoms with van der Waals surface area (Å²) in [4.78, 5) is 20.0. The monoisotopic (exact) mass is 235 g/mol. The van der Waals surface area contributed by atoms with Crippen LogP contribution >= 0.6 is 0 Å². The smallest absolute Gasteiger partial charge is 0.271 e. The average Bonchev–Trinajstić information content (AvgIpc) is 2.76. The predicted molar refractivity (Wildman–Crippen MR) is 64.2 cm³/mol. The Balaban J connectivity index is 2.08. The molecular formula is C11H17N5O. The maximum atomic E-state index is 12.0. The molecule has 0 radical (unpaired) electrons. The Labute approximate surface area is 100.0 Å². The van der Waals surface area contributed by atoms with Gasteiger partial charge < -0.3 is 10.7 Å². The van der Waals surface area contributed by atoms with Crippen LogP contribution in [0.1, 0.15) is 43.1 Å². The molecule has 17 heavy (non-hydrogen) atoms. The van der Waals surface area contributed by atoms with Crippen molar-refractivity contribution in [1.82, 2.24) is 15.3 Å². The molecule has 6 heteroatoms. The number of carbonyl (C=O) groups is 1. The van der Waals surface area contributed by atoms with Crippen LogP contribution in [0.5, 0.6) is 0 Å². The summed E-state index contributed by atoms with van der Waals surface area (Å²) in [6, 6.07) is 0. The van der Waals surface area contributed by atoms with Gasteiger partial charge in [-0.15, -0.1) is 0 Å². The van der Waals surface area contributed by atoms with E-state index in [0.717, 1.165) is 25.7 Å². The second-order valence-electron chi connectivity index (χ2n) is 4.66. The Morgan fingerprint density at radius 1 is 1.41 bits per heavy atom. The van der Waals surface area contributed by atoms with E-state index in [2.05, 4.69) is 27.6 Å². The standard InChI is InChI=1S/C11H17N5O/c1-11(4-2-3-5-11)15-10(17)8-6-13-7-9(14-8)16-12/h6-7H,2-5,12H2,1H3,(H,14,16)(H,15,17). The first-order valence-electron chi connectivity index (χ1n) is 5.74. The first kappa shape index (κ1) is 11.8. The summed E-state index contributed by atoms with van der Waals surface area (Å²) in [5.41, 5.74) is 2.55. The topological polar surface area (TPSA) is 92.9 Å². The van der Waals surface area contributed by atoms with Crippen LogP contribution in [0, 0.1) is 0 Å². The predicted octanol–water partition coefficient (Wildman–Crippen LogP) is 0.825. The van der Waals surface area contributed by atoms with Gasteiger partial charge in [0.05, 0.1) is 12.4 Å². The molecule has 1 aliphatic rings. The summed E-state index contributed by atoms with van der Waals surface area (Å²) in [5, 5.41) is 3.01. The molecule has 0 atom stereocenters. The van der Waals surface area contributed by atoms with Gasteiger partial charge in [0.15, 0.2) is 5.82 Å². The van der Waals surface area contributed by atoms with E-state index in [1.54, 1.807) is 0 Å². The van der Waals surface area contributed by atoms with Crippen LogP contribution in [0.3, 0.4) is 0 Å². The lowest BCUT2D eigenvalue weighted by atomic mass is 10.0. The number of carbonyl (C=O) groups excluding carboxylic acids is 1. The lowest BCUT2D eigenvalue weighted by molar-refractivity contribution is 0.0902. The Kier molecular flexibility index (Phi) is 3.23. The molecule has 6 nitrogen and oxygen atoms in total. The number of nitrogens with two attached hydrogens (primary N) is 1. The van der Waals surface area contributed by atoms with Crippen LogP contribution in [0.4, 0.5) is 5.82 Å². The van der Waals surface area contributed by atoms with Gasteiger partial charge in [-0.1, -0.05) is 12.8 Å². The molecule has 0 aromatic carbocycles. The summed E-state index contributed by atoms with van der Waals surface area (Å²) in [6.45, 7) is 2.07. The number of amides is 1. The first-order valence-corrected chi connectivity index (χ1v) is 5.74. The van der Waals surface area contributed by atoms with Crippen LogP contribution in [0.2, 0.25) is 0 Å². The summed E-state index contributed by atoms with van der Waals surface area (Å²) < 4.78 is 0. The van der Waals surface area contributed by atoms with Crippen molar-refractivity contribution in [3.63, 3.8) is 0 Å². The fourth-order valence-corrected chi connectivity index (χ4v) is 2.16. The SMILES string of the molecule is CC1(NC(=O)c2cncc(NN)n2)CCCC1. The molecule has 2 rings (SSSR count). The highest BCUT2D eigenvalue weighted by Crippen LogP contribution is 2.29. The molecule has 0 aliphatic heterocycles. The highest BCUT2D eigenvalue weighted by molar-refractivity contribution is 5.92. The lowest BCUT2D eigenvalue weighted by Gasteiger charge is -2.24. The van der Waals surface area contributed by atoms with Crippen LogP contribution < -0.4 is 16.6 Å². The molecule has 1 amide bonds. The fraction of sp³-hybridized carbons (Fsp3) is 0.545. The molecule has 1 aromatic heterocycles. The average molecular weight is 235 g/mol. The molecule has 92 valence electrons. The van der Waals surface area contributed by atoms with Gasteiger partial charge in [-0.25, -0.2) is 10.8 Å². The highest BCUT2D eigenvalue weighted by Gasteiger charge is 2.30. The van der Waals surface area contributed by atoms with Crippen LogP contribution in [-0.4, -0.2) is 21.4 Å². The Morgan fingerprint density at radius 3 is 2.76 bits per heavy atom. The zero-order valence-corrected chi connectivity index (χ0v) is 9.86. The first-order chi connectivity index (χ1) is 8.13. The third-order valence-electron chi connectivity index (χ3n) is 3.14. The van der Waals surface area contributed by atoms with Gasteiger partial charge in [-0.2, -0.15) is 0 Å². The maximum Gasteiger partial charge on any atom is 0.271 e. The molecule has 1 saturated carbocycles. The van der Waals surface area contributed by atoms with Crippen LogP contribution in [0.15, 0.2) is 12.4 Å². The molecular weight excluding hydrogens is 218 g/mol. The summed E-state index contributed by atoms with van der Waals surface area (Å²) in [7, 11) is 0. The van der Waals surface area contributed by atoms with E-state index in [1.165, 1.54) is 12.4 Å². The van der Waals surface area contributed by atoms with Crippen LogP contribution in [0.25, 0.3) is 0 Å². The molecule has 0 unspecified atom stereocenters. The Bertz CT molecular complexity index is 414. The molecule has 4 N–H and O–H groups in total. The fourth-order valence-electron chi connectivity index (χ4n) is 2.16. The van der Waals surface area contributed by atoms with E-state index in [9.17, 15) is 4.79 Å². The van der Waals surface area contributed by atoms with Crippen molar-refractivity contribution in [3.8, 4) is 0 Å². The van der Waals surface area contributed by atoms with Gasteiger partial charge in [0.1, 0.15) is 5.69 Å². The van der Waals surface area contributed by atoms with Crippen molar-refractivity contribution in [2.24, 2.45) is 5.84 Å². The van der Waals surface area contributed by atoms with E-state index in [0.29, 0.717) is 5.82 Å². The number of nitrogens with one attached hydrogen (secondary N) is 2. The van der Waals surface area contributed by atoms with Gasteiger partial charge in [0.25, 0.3) is 5.91 Å². The van der Waals surface area contributed by atoms with E-state index in [4.69, 9.17) is 5.84 Å². The van der Waals surface area contributed by atoms with Crippen molar-refractivity contribution >= 4 is 11.7 Å². The number of hydrogen-bond donors (Lipinski definition) is 3. The summed E-state index contributed by atoms with van der Waals surface area (Å²) in [5.74, 6) is 5.41. The van der Waals surface area contributed by atoms with Gasteiger partial charge in [-0.05, 0) is 19.8 Å². The largest absolute Gasteiger partial charge is 0.345 e. The van der Waals surface area contributed by atoms with Gasteiger partial charge >= 0.3 is 0 Å². The number of nitrogen functional groups attached to an aromatic ring is 1. The lowest BCUT2D eigenvalue weighted by Crippen LogP contribution is -2.43. The van der Waals surface area contributed by atoms with E-state index in [1.807, 2.05) is 0 Å². The Morgan fingerprint density at radius 2 is 2.12 bits per heavy atom. The number of nitrogens with zero attached hydrogens (tertiary/aromatic N) is 2. The van der Waals surface area contributed by atoms with Gasteiger partial charge in [0, 0.05) is 5.54 Å². The molecule has 0 saturated heterocycles. The number of anilines is 1. The second kappa shape index (κ2) is 4.67. The van der Waals surface area contributed by atoms with Crippen molar-refractivity contribution < 1.29 is 4.79 Å². The Hall–Kier alpha value is -1.69.